The largest absolute Gasteiger partial charge is 0.481 e. The monoisotopic (exact) mass is 439 g/mol. The number of amides is 3. The number of carbonyl (C=O) groups is 5. The second-order valence-corrected chi connectivity index (χ2v) is 6.67. The van der Waals surface area contributed by atoms with Crippen molar-refractivity contribution in [3.63, 3.8) is 0 Å². The van der Waals surface area contributed by atoms with E-state index in [0.717, 1.165) is 0 Å². The molecule has 0 unspecified atom stereocenters. The second kappa shape index (κ2) is 12.7. The number of aliphatic carboxylic acids is 3. The Morgan fingerprint density at radius 2 is 1.58 bits per heavy atom. The molecule has 2 atom stereocenters. The normalized spacial score (nSPS) is 12.3. The van der Waals surface area contributed by atoms with Gasteiger partial charge in [0.1, 0.15) is 12.1 Å². The lowest BCUT2D eigenvalue weighted by atomic mass is 10.1. The van der Waals surface area contributed by atoms with Crippen molar-refractivity contribution in [1.29, 1.82) is 0 Å². The third-order valence-electron chi connectivity index (χ3n) is 4.10. The molecule has 1 aromatic rings. The zero-order valence-corrected chi connectivity index (χ0v) is 16.8. The van der Waals surface area contributed by atoms with Crippen molar-refractivity contribution in [2.45, 2.75) is 51.1 Å². The Labute approximate surface area is 177 Å². The molecule has 3 amide bonds. The second-order valence-electron chi connectivity index (χ2n) is 6.67. The lowest BCUT2D eigenvalue weighted by molar-refractivity contribution is -0.140. The molecule has 0 aliphatic rings. The number of unbranched alkanes of at least 4 members (excludes halogenated alkanes) is 1. The molecule has 0 aliphatic carbocycles. The molecule has 6 N–H and O–H groups in total. The molecule has 170 valence electrons. The first kappa shape index (κ1) is 25.3. The Morgan fingerprint density at radius 3 is 2.13 bits per heavy atom. The van der Waals surface area contributed by atoms with Crippen molar-refractivity contribution in [1.82, 2.24) is 26.1 Å². The highest BCUT2D eigenvalue weighted by Crippen LogP contribution is 2.04. The predicted octanol–water partition coefficient (Wildman–Crippen LogP) is -0.244. The maximum Gasteiger partial charge on any atom is 0.326 e. The van der Waals surface area contributed by atoms with E-state index >= 15 is 0 Å². The minimum Gasteiger partial charge on any atom is -0.481 e. The molecule has 1 rings (SSSR count). The molecule has 13 heteroatoms. The Bertz CT molecular complexity index is 816. The maximum absolute atomic E-state index is 12.0. The molecule has 0 fully saturated rings. The molecule has 1 heterocycles. The third-order valence-corrected chi connectivity index (χ3v) is 4.10. The van der Waals surface area contributed by atoms with Crippen LogP contribution < -0.4 is 16.0 Å². The first-order valence-electron chi connectivity index (χ1n) is 9.42. The molecule has 0 saturated heterocycles. The van der Waals surface area contributed by atoms with E-state index in [2.05, 4.69) is 26.1 Å². The van der Waals surface area contributed by atoms with E-state index in [1.54, 1.807) is 13.0 Å². The van der Waals surface area contributed by atoms with E-state index in [9.17, 15) is 29.1 Å². The highest BCUT2D eigenvalue weighted by atomic mass is 16.4. The van der Waals surface area contributed by atoms with Gasteiger partial charge in [0, 0.05) is 13.0 Å². The van der Waals surface area contributed by atoms with Crippen molar-refractivity contribution < 1.29 is 39.3 Å². The molecular formula is C18H25N5O8. The van der Waals surface area contributed by atoms with E-state index in [4.69, 9.17) is 10.2 Å². The fourth-order valence-corrected chi connectivity index (χ4v) is 2.52. The number of aryl methyl sites for hydroxylation is 1. The van der Waals surface area contributed by atoms with E-state index in [-0.39, 0.29) is 25.3 Å². The van der Waals surface area contributed by atoms with Gasteiger partial charge in [0.15, 0.2) is 0 Å². The Morgan fingerprint density at radius 1 is 0.968 bits per heavy atom. The number of carboxylic acids is 3. The molecule has 1 aromatic heterocycles. The van der Waals surface area contributed by atoms with E-state index < -0.39 is 42.4 Å². The zero-order chi connectivity index (χ0) is 23.4. The minimum atomic E-state index is -1.47. The summed E-state index contributed by atoms with van der Waals surface area (Å²) in [5.41, 5.74) is 0.944. The van der Waals surface area contributed by atoms with Gasteiger partial charge in [-0.3, -0.25) is 9.59 Å². The summed E-state index contributed by atoms with van der Waals surface area (Å²) in [5, 5.41) is 41.2. The first-order chi connectivity index (χ1) is 14.6. The maximum atomic E-state index is 12.0. The minimum absolute atomic E-state index is 0.0431. The van der Waals surface area contributed by atoms with Gasteiger partial charge in [0.2, 0.25) is 0 Å². The zero-order valence-electron chi connectivity index (χ0n) is 16.8. The van der Waals surface area contributed by atoms with Gasteiger partial charge >= 0.3 is 23.9 Å². The smallest absolute Gasteiger partial charge is 0.326 e. The number of hydrogen-bond acceptors (Lipinski definition) is 7. The quantitative estimate of drug-likeness (QED) is 0.222. The van der Waals surface area contributed by atoms with Gasteiger partial charge in [-0.2, -0.15) is 10.2 Å². The van der Waals surface area contributed by atoms with Crippen molar-refractivity contribution in [2.24, 2.45) is 0 Å². The van der Waals surface area contributed by atoms with Crippen LogP contribution in [0.25, 0.3) is 0 Å². The van der Waals surface area contributed by atoms with Gasteiger partial charge in [-0.25, -0.2) is 14.4 Å². The summed E-state index contributed by atoms with van der Waals surface area (Å²) in [6, 6.07) is -2.20. The van der Waals surface area contributed by atoms with Gasteiger partial charge in [0.05, 0.1) is 17.5 Å². The van der Waals surface area contributed by atoms with Crippen LogP contribution in [0.5, 0.6) is 0 Å². The van der Waals surface area contributed by atoms with Crippen LogP contribution in [0.15, 0.2) is 12.3 Å². The standard InChI is InChI=1S/C18H25N5O8/c1-10-8-11(9-20-23-10)15(26)19-7-3-2-4-12(16(27)28)21-18(31)22-13(17(29)30)5-6-14(24)25/h8-9,12-13H,2-7H2,1H3,(H,19,26)(H,24,25)(H,27,28)(H,29,30)(H2,21,22,31)/t12-,13-/m0/s1. The Hall–Kier alpha value is -3.77. The van der Waals surface area contributed by atoms with Gasteiger partial charge in [-0.1, -0.05) is 0 Å². The van der Waals surface area contributed by atoms with Crippen LogP contribution >= 0.6 is 0 Å². The van der Waals surface area contributed by atoms with Crippen LogP contribution in [0.3, 0.4) is 0 Å². The fraction of sp³-hybridized carbons (Fsp3) is 0.500. The summed E-state index contributed by atoms with van der Waals surface area (Å²) in [5.74, 6) is -4.31. The number of carboxylic acid groups (broad SMARTS) is 3. The fourth-order valence-electron chi connectivity index (χ4n) is 2.52. The SMILES string of the molecule is Cc1cc(C(=O)NCCCC[C@H](NC(=O)N[C@@H](CCC(=O)O)C(=O)O)C(=O)O)cnn1. The molecular weight excluding hydrogens is 414 g/mol. The van der Waals surface area contributed by atoms with Gasteiger partial charge < -0.3 is 31.3 Å². The van der Waals surface area contributed by atoms with Crippen molar-refractivity contribution in [3.05, 3.63) is 23.5 Å². The van der Waals surface area contributed by atoms with Crippen LogP contribution in [0, 0.1) is 6.92 Å². The van der Waals surface area contributed by atoms with E-state index in [1.165, 1.54) is 6.20 Å². The topological polar surface area (TPSA) is 208 Å². The highest BCUT2D eigenvalue weighted by Gasteiger charge is 2.24. The summed E-state index contributed by atoms with van der Waals surface area (Å²) >= 11 is 0. The molecule has 0 radical (unpaired) electrons. The van der Waals surface area contributed by atoms with Crippen LogP contribution in [0.4, 0.5) is 4.79 Å². The van der Waals surface area contributed by atoms with Crippen molar-refractivity contribution >= 4 is 29.8 Å². The molecule has 0 spiro atoms. The van der Waals surface area contributed by atoms with Crippen LogP contribution in [-0.2, 0) is 14.4 Å². The molecule has 0 bridgehead atoms. The Balaban J connectivity index is 2.42. The summed E-state index contributed by atoms with van der Waals surface area (Å²) in [6.45, 7) is 1.97. The molecule has 0 saturated carbocycles. The number of aromatic nitrogens is 2. The molecule has 0 aliphatic heterocycles. The van der Waals surface area contributed by atoms with Crippen molar-refractivity contribution in [2.75, 3.05) is 6.54 Å². The van der Waals surface area contributed by atoms with Gasteiger partial charge in [-0.05, 0) is 38.7 Å². The van der Waals surface area contributed by atoms with E-state index in [1.807, 2.05) is 0 Å². The summed E-state index contributed by atoms with van der Waals surface area (Å²) < 4.78 is 0. The van der Waals surface area contributed by atoms with Crippen LogP contribution in [0.2, 0.25) is 0 Å². The summed E-state index contributed by atoms with van der Waals surface area (Å²) in [7, 11) is 0. The number of carbonyl (C=O) groups excluding carboxylic acids is 2. The number of urea groups is 1. The lowest BCUT2D eigenvalue weighted by Crippen LogP contribution is -2.51. The summed E-state index contributed by atoms with van der Waals surface area (Å²) in [6.07, 6.45) is 1.34. The molecule has 31 heavy (non-hydrogen) atoms. The third kappa shape index (κ3) is 10.0. The van der Waals surface area contributed by atoms with Crippen LogP contribution in [-0.4, -0.2) is 74.0 Å². The van der Waals surface area contributed by atoms with E-state index in [0.29, 0.717) is 24.1 Å². The van der Waals surface area contributed by atoms with Gasteiger partial charge in [-0.15, -0.1) is 0 Å². The Kier molecular flexibility index (Phi) is 10.4. The predicted molar refractivity (Wildman–Crippen MR) is 104 cm³/mol. The lowest BCUT2D eigenvalue weighted by Gasteiger charge is -2.18. The highest BCUT2D eigenvalue weighted by molar-refractivity contribution is 5.93. The first-order valence-corrected chi connectivity index (χ1v) is 9.42. The number of nitrogens with one attached hydrogen (secondary N) is 3. The van der Waals surface area contributed by atoms with Crippen molar-refractivity contribution in [3.8, 4) is 0 Å². The number of hydrogen-bond donors (Lipinski definition) is 6. The molecule has 13 nitrogen and oxygen atoms in total. The number of nitrogens with zero attached hydrogens (tertiary/aromatic N) is 2. The number of rotatable bonds is 13. The average Bonchev–Trinajstić information content (AvgIpc) is 2.69. The van der Waals surface area contributed by atoms with Crippen LogP contribution in [0.1, 0.15) is 48.2 Å². The molecule has 0 aromatic carbocycles. The van der Waals surface area contributed by atoms with Gasteiger partial charge in [0.25, 0.3) is 5.91 Å². The average molecular weight is 439 g/mol. The summed E-state index contributed by atoms with van der Waals surface area (Å²) in [4.78, 5) is 56.9.